The Balaban J connectivity index is 1.52. The van der Waals surface area contributed by atoms with Gasteiger partial charge < -0.3 is 9.64 Å². The number of hydrogen-bond donors (Lipinski definition) is 1. The zero-order chi connectivity index (χ0) is 23.6. The van der Waals surface area contributed by atoms with Crippen LogP contribution in [0.4, 0.5) is 11.5 Å². The largest absolute Gasteiger partial charge is 0.496 e. The van der Waals surface area contributed by atoms with Crippen LogP contribution in [0.25, 0.3) is 11.3 Å². The van der Waals surface area contributed by atoms with Crippen molar-refractivity contribution in [3.05, 3.63) is 59.2 Å². The van der Waals surface area contributed by atoms with E-state index in [2.05, 4.69) is 19.8 Å². The molecule has 0 radical (unpaired) electrons. The highest BCUT2D eigenvalue weighted by molar-refractivity contribution is 7.92. The van der Waals surface area contributed by atoms with E-state index in [0.29, 0.717) is 17.0 Å². The molecular weight excluding hydrogens is 436 g/mol. The number of nitrogens with zero attached hydrogens (tertiary/aromatic N) is 3. The summed E-state index contributed by atoms with van der Waals surface area (Å²) >= 11 is 0. The molecule has 1 aliphatic rings. The van der Waals surface area contributed by atoms with Gasteiger partial charge >= 0.3 is 0 Å². The second-order valence-corrected chi connectivity index (χ2v) is 10.1. The summed E-state index contributed by atoms with van der Waals surface area (Å²) < 4.78 is 34.3. The number of aromatic nitrogens is 2. The Bertz CT molecular complexity index is 1230. The van der Waals surface area contributed by atoms with Crippen LogP contribution in [-0.2, 0) is 10.0 Å². The molecule has 0 spiro atoms. The van der Waals surface area contributed by atoms with Crippen LogP contribution < -0.4 is 14.4 Å². The zero-order valence-electron chi connectivity index (χ0n) is 19.6. The van der Waals surface area contributed by atoms with E-state index in [-0.39, 0.29) is 4.90 Å². The van der Waals surface area contributed by atoms with Crippen molar-refractivity contribution in [2.24, 2.45) is 0 Å². The monoisotopic (exact) mass is 466 g/mol. The minimum Gasteiger partial charge on any atom is -0.496 e. The van der Waals surface area contributed by atoms with Crippen LogP contribution in [0.5, 0.6) is 5.75 Å². The summed E-state index contributed by atoms with van der Waals surface area (Å²) in [6, 6.07) is 12.8. The molecule has 4 rings (SSSR count). The molecule has 174 valence electrons. The summed E-state index contributed by atoms with van der Waals surface area (Å²) in [4.78, 5) is 2.52. The van der Waals surface area contributed by atoms with Gasteiger partial charge in [0.25, 0.3) is 10.0 Å². The molecule has 0 atom stereocenters. The molecular formula is C25H30N4O3S. The average molecular weight is 467 g/mol. The molecule has 0 amide bonds. The molecule has 3 aromatic rings. The van der Waals surface area contributed by atoms with E-state index in [4.69, 9.17) is 4.74 Å². The minimum absolute atomic E-state index is 0.251. The van der Waals surface area contributed by atoms with Gasteiger partial charge in [-0.1, -0.05) is 12.1 Å². The van der Waals surface area contributed by atoms with E-state index in [0.717, 1.165) is 41.3 Å². The summed E-state index contributed by atoms with van der Waals surface area (Å²) in [5.41, 5.74) is 4.39. The lowest BCUT2D eigenvalue weighted by molar-refractivity contribution is 0.407. The molecule has 1 aliphatic heterocycles. The van der Waals surface area contributed by atoms with Gasteiger partial charge in [-0.25, -0.2) is 8.42 Å². The Labute approximate surface area is 195 Å². The molecule has 33 heavy (non-hydrogen) atoms. The van der Waals surface area contributed by atoms with Crippen molar-refractivity contribution in [2.75, 3.05) is 29.8 Å². The maximum atomic E-state index is 13.1. The smallest absolute Gasteiger partial charge is 0.262 e. The lowest BCUT2D eigenvalue weighted by atomic mass is 10.1. The number of nitrogens with one attached hydrogen (secondary N) is 1. The van der Waals surface area contributed by atoms with E-state index in [9.17, 15) is 8.42 Å². The van der Waals surface area contributed by atoms with Gasteiger partial charge in [0, 0.05) is 24.3 Å². The first-order valence-electron chi connectivity index (χ1n) is 11.2. The van der Waals surface area contributed by atoms with Crippen LogP contribution in [0, 0.1) is 20.8 Å². The van der Waals surface area contributed by atoms with E-state index < -0.39 is 10.0 Å². The highest BCUT2D eigenvalue weighted by Gasteiger charge is 2.21. The lowest BCUT2D eigenvalue weighted by Gasteiger charge is -2.27. The Morgan fingerprint density at radius 3 is 2.21 bits per heavy atom. The third-order valence-corrected chi connectivity index (χ3v) is 7.74. The predicted octanol–water partition coefficient (Wildman–Crippen LogP) is 4.87. The molecule has 1 fully saturated rings. The molecule has 0 bridgehead atoms. The summed E-state index contributed by atoms with van der Waals surface area (Å²) in [6.45, 7) is 7.55. The Kier molecular flexibility index (Phi) is 6.56. The predicted molar refractivity (Wildman–Crippen MR) is 132 cm³/mol. The first-order valence-corrected chi connectivity index (χ1v) is 12.6. The number of hydrogen-bond acceptors (Lipinski definition) is 6. The summed E-state index contributed by atoms with van der Waals surface area (Å²) in [7, 11) is -2.16. The molecule has 1 saturated heterocycles. The van der Waals surface area contributed by atoms with Gasteiger partial charge in [-0.15, -0.1) is 10.2 Å². The van der Waals surface area contributed by atoms with Crippen LogP contribution in [0.3, 0.4) is 0 Å². The molecule has 0 aliphatic carbocycles. The first-order chi connectivity index (χ1) is 15.8. The van der Waals surface area contributed by atoms with E-state index in [1.165, 1.54) is 19.3 Å². The summed E-state index contributed by atoms with van der Waals surface area (Å²) in [6.07, 6.45) is 3.65. The van der Waals surface area contributed by atoms with Crippen molar-refractivity contribution in [3.63, 3.8) is 0 Å². The maximum Gasteiger partial charge on any atom is 0.262 e. The highest BCUT2D eigenvalue weighted by Crippen LogP contribution is 2.32. The number of piperidine rings is 1. The fourth-order valence-corrected chi connectivity index (χ4v) is 5.75. The van der Waals surface area contributed by atoms with Gasteiger partial charge in [0.15, 0.2) is 5.82 Å². The fourth-order valence-electron chi connectivity index (χ4n) is 4.30. The van der Waals surface area contributed by atoms with E-state index in [1.54, 1.807) is 32.2 Å². The van der Waals surface area contributed by atoms with Crippen LogP contribution in [0.15, 0.2) is 47.4 Å². The quantitative estimate of drug-likeness (QED) is 0.558. The van der Waals surface area contributed by atoms with E-state index in [1.807, 2.05) is 38.1 Å². The third kappa shape index (κ3) is 4.80. The second-order valence-electron chi connectivity index (χ2n) is 8.48. The normalized spacial score (nSPS) is 14.2. The number of methoxy groups -OCH3 is 1. The number of anilines is 2. The van der Waals surface area contributed by atoms with Crippen molar-refractivity contribution in [1.29, 1.82) is 0 Å². The fraction of sp³-hybridized carbons (Fsp3) is 0.360. The second kappa shape index (κ2) is 9.39. The van der Waals surface area contributed by atoms with Gasteiger partial charge in [0.2, 0.25) is 0 Å². The number of sulfonamides is 1. The van der Waals surface area contributed by atoms with Gasteiger partial charge in [-0.2, -0.15) is 0 Å². The summed E-state index contributed by atoms with van der Waals surface area (Å²) in [5, 5.41) is 8.78. The molecule has 7 nitrogen and oxygen atoms in total. The molecule has 0 unspecified atom stereocenters. The topological polar surface area (TPSA) is 84.4 Å². The third-order valence-electron chi connectivity index (χ3n) is 6.24. The molecule has 1 N–H and O–H groups in total. The van der Waals surface area contributed by atoms with Gasteiger partial charge in [0.05, 0.1) is 17.7 Å². The average Bonchev–Trinajstić information content (AvgIpc) is 2.82. The van der Waals surface area contributed by atoms with Crippen LogP contribution in [0.1, 0.15) is 36.0 Å². The molecule has 1 aromatic heterocycles. The SMILES string of the molecule is COc1c(C)cc(S(=O)(=O)Nc2ccc(-c3ccc(N4CCCCC4)nn3)cc2)c(C)c1C. The molecule has 8 heteroatoms. The van der Waals surface area contributed by atoms with Crippen LogP contribution in [-0.4, -0.2) is 38.8 Å². The number of benzene rings is 2. The van der Waals surface area contributed by atoms with Crippen molar-refractivity contribution in [2.45, 2.75) is 44.9 Å². The number of ether oxygens (including phenoxy) is 1. The van der Waals surface area contributed by atoms with Crippen molar-refractivity contribution >= 4 is 21.5 Å². The Hall–Kier alpha value is -3.13. The van der Waals surface area contributed by atoms with Crippen LogP contribution >= 0.6 is 0 Å². The van der Waals surface area contributed by atoms with Crippen molar-refractivity contribution in [1.82, 2.24) is 10.2 Å². The van der Waals surface area contributed by atoms with Crippen LogP contribution in [0.2, 0.25) is 0 Å². The molecule has 2 heterocycles. The molecule has 0 saturated carbocycles. The van der Waals surface area contributed by atoms with Gasteiger partial charge in [-0.05, 0) is 87.1 Å². The first kappa shape index (κ1) is 23.0. The Morgan fingerprint density at radius 1 is 0.909 bits per heavy atom. The van der Waals surface area contributed by atoms with Gasteiger partial charge in [0.1, 0.15) is 5.75 Å². The standard InChI is InChI=1S/C25H30N4O3S/c1-17-16-23(18(2)19(3)25(17)32-4)33(30,31)28-21-10-8-20(9-11-21)22-12-13-24(27-26-22)29-14-6-5-7-15-29/h8-13,16,28H,5-7,14-15H2,1-4H3. The van der Waals surface area contributed by atoms with Crippen molar-refractivity contribution < 1.29 is 13.2 Å². The van der Waals surface area contributed by atoms with Gasteiger partial charge in [-0.3, -0.25) is 4.72 Å². The zero-order valence-corrected chi connectivity index (χ0v) is 20.4. The highest BCUT2D eigenvalue weighted by atomic mass is 32.2. The number of rotatable bonds is 6. The Morgan fingerprint density at radius 2 is 1.61 bits per heavy atom. The summed E-state index contributed by atoms with van der Waals surface area (Å²) in [5.74, 6) is 1.62. The maximum absolute atomic E-state index is 13.1. The number of aryl methyl sites for hydroxylation is 1. The lowest BCUT2D eigenvalue weighted by Crippen LogP contribution is -2.30. The molecule has 2 aromatic carbocycles. The van der Waals surface area contributed by atoms with Crippen molar-refractivity contribution in [3.8, 4) is 17.0 Å². The minimum atomic E-state index is -3.75. The van der Waals surface area contributed by atoms with E-state index >= 15 is 0 Å².